The third-order valence-electron chi connectivity index (χ3n) is 3.99. The zero-order chi connectivity index (χ0) is 14.8. The van der Waals surface area contributed by atoms with E-state index in [9.17, 15) is 4.79 Å². The van der Waals surface area contributed by atoms with Gasteiger partial charge in [-0.15, -0.1) is 0 Å². The molecule has 0 amide bonds. The minimum atomic E-state index is -0.317. The molecule has 0 bridgehead atoms. The van der Waals surface area contributed by atoms with E-state index in [0.717, 1.165) is 30.9 Å². The van der Waals surface area contributed by atoms with Gasteiger partial charge in [-0.1, -0.05) is 12.1 Å². The van der Waals surface area contributed by atoms with Crippen LogP contribution in [0.25, 0.3) is 11.4 Å². The van der Waals surface area contributed by atoms with Gasteiger partial charge in [0.15, 0.2) is 0 Å². The quantitative estimate of drug-likeness (QED) is 0.811. The molecule has 1 saturated heterocycles. The molecule has 1 atom stereocenters. The van der Waals surface area contributed by atoms with Gasteiger partial charge in [0.1, 0.15) is 5.82 Å². The fourth-order valence-corrected chi connectivity index (χ4v) is 2.84. The summed E-state index contributed by atoms with van der Waals surface area (Å²) in [5.41, 5.74) is 1.57. The predicted molar refractivity (Wildman–Crippen MR) is 80.2 cm³/mol. The summed E-state index contributed by atoms with van der Waals surface area (Å²) in [6, 6.07) is 7.86. The molecular formula is C16H19N3O2. The van der Waals surface area contributed by atoms with Gasteiger partial charge in [0, 0.05) is 30.5 Å². The Morgan fingerprint density at radius 3 is 2.71 bits per heavy atom. The molecule has 1 aromatic carbocycles. The van der Waals surface area contributed by atoms with Gasteiger partial charge in [0.25, 0.3) is 0 Å². The van der Waals surface area contributed by atoms with E-state index >= 15 is 0 Å². The van der Waals surface area contributed by atoms with E-state index in [-0.39, 0.29) is 5.97 Å². The molecule has 21 heavy (non-hydrogen) atoms. The lowest BCUT2D eigenvalue weighted by atomic mass is 10.1. The molecule has 1 aliphatic rings. The van der Waals surface area contributed by atoms with Crippen LogP contribution in [0.4, 0.5) is 0 Å². The van der Waals surface area contributed by atoms with E-state index in [1.54, 1.807) is 12.1 Å². The highest BCUT2D eigenvalue weighted by Crippen LogP contribution is 2.27. The average Bonchev–Trinajstić information content (AvgIpc) is 3.15. The van der Waals surface area contributed by atoms with E-state index < -0.39 is 0 Å². The lowest BCUT2D eigenvalue weighted by Crippen LogP contribution is -2.16. The van der Waals surface area contributed by atoms with Crippen molar-refractivity contribution in [3.8, 4) is 11.4 Å². The summed E-state index contributed by atoms with van der Waals surface area (Å²) in [7, 11) is 3.53. The molecular weight excluding hydrogens is 266 g/mol. The number of likely N-dealkylation sites (N-methyl/N-ethyl adjacent to an activating group) is 1. The number of hydrogen-bond donors (Lipinski definition) is 0. The van der Waals surface area contributed by atoms with Crippen molar-refractivity contribution in [1.29, 1.82) is 0 Å². The summed E-state index contributed by atoms with van der Waals surface area (Å²) >= 11 is 0. The van der Waals surface area contributed by atoms with Gasteiger partial charge >= 0.3 is 5.97 Å². The molecule has 1 aliphatic heterocycles. The van der Waals surface area contributed by atoms with E-state index in [1.165, 1.54) is 7.11 Å². The maximum absolute atomic E-state index is 11.5. The van der Waals surface area contributed by atoms with Crippen molar-refractivity contribution in [3.05, 3.63) is 42.2 Å². The highest BCUT2D eigenvalue weighted by molar-refractivity contribution is 5.89. The van der Waals surface area contributed by atoms with Gasteiger partial charge in [-0.3, -0.25) is 0 Å². The number of nitrogens with zero attached hydrogens (tertiary/aromatic N) is 3. The van der Waals surface area contributed by atoms with Crippen molar-refractivity contribution in [2.24, 2.45) is 0 Å². The Hall–Kier alpha value is -2.14. The van der Waals surface area contributed by atoms with Gasteiger partial charge < -0.3 is 14.2 Å². The number of carbonyl (C=O) groups excluding carboxylic acids is 1. The molecule has 1 aromatic heterocycles. The fraction of sp³-hybridized carbons (Fsp3) is 0.375. The van der Waals surface area contributed by atoms with Crippen molar-refractivity contribution in [1.82, 2.24) is 14.5 Å². The molecule has 0 spiro atoms. The smallest absolute Gasteiger partial charge is 0.337 e. The summed E-state index contributed by atoms with van der Waals surface area (Å²) in [6.45, 7) is 2.16. The molecule has 2 aromatic rings. The first-order chi connectivity index (χ1) is 10.2. The molecule has 0 radical (unpaired) electrons. The highest BCUT2D eigenvalue weighted by atomic mass is 16.5. The van der Waals surface area contributed by atoms with Gasteiger partial charge in [-0.25, -0.2) is 9.78 Å². The number of benzene rings is 1. The molecule has 0 aliphatic carbocycles. The number of esters is 1. The average molecular weight is 285 g/mol. The monoisotopic (exact) mass is 285 g/mol. The maximum atomic E-state index is 11.5. The number of imidazole rings is 1. The van der Waals surface area contributed by atoms with Crippen molar-refractivity contribution < 1.29 is 9.53 Å². The zero-order valence-electron chi connectivity index (χ0n) is 12.3. The molecule has 5 nitrogen and oxygen atoms in total. The van der Waals surface area contributed by atoms with E-state index in [1.807, 2.05) is 24.5 Å². The SMILES string of the molecule is COC(=O)c1ccc(-c2nccn2C2CCN(C)C2)cc1. The van der Waals surface area contributed by atoms with Crippen LogP contribution in [0.3, 0.4) is 0 Å². The number of likely N-dealkylation sites (tertiary alicyclic amines) is 1. The first kappa shape index (κ1) is 13.8. The predicted octanol–water partition coefficient (Wildman–Crippen LogP) is 2.21. The van der Waals surface area contributed by atoms with Crippen LogP contribution in [0.15, 0.2) is 36.7 Å². The van der Waals surface area contributed by atoms with Crippen LogP contribution in [0.1, 0.15) is 22.8 Å². The Labute approximate surface area is 124 Å². The number of aromatic nitrogens is 2. The molecule has 1 unspecified atom stereocenters. The Morgan fingerprint density at radius 1 is 1.33 bits per heavy atom. The molecule has 110 valence electrons. The van der Waals surface area contributed by atoms with Crippen LogP contribution in [0, 0.1) is 0 Å². The lowest BCUT2D eigenvalue weighted by Gasteiger charge is -2.15. The first-order valence-electron chi connectivity index (χ1n) is 7.09. The van der Waals surface area contributed by atoms with Crippen LogP contribution in [-0.4, -0.2) is 47.7 Å². The Balaban J connectivity index is 1.87. The number of ether oxygens (including phenoxy) is 1. The number of rotatable bonds is 3. The van der Waals surface area contributed by atoms with Gasteiger partial charge in [0.2, 0.25) is 0 Å². The molecule has 1 fully saturated rings. The summed E-state index contributed by atoms with van der Waals surface area (Å²) in [5.74, 6) is 0.633. The fourth-order valence-electron chi connectivity index (χ4n) is 2.84. The van der Waals surface area contributed by atoms with Gasteiger partial charge in [0.05, 0.1) is 12.7 Å². The topological polar surface area (TPSA) is 47.4 Å². The van der Waals surface area contributed by atoms with Crippen molar-refractivity contribution >= 4 is 5.97 Å². The summed E-state index contributed by atoms with van der Waals surface area (Å²) < 4.78 is 6.95. The zero-order valence-corrected chi connectivity index (χ0v) is 12.3. The standard InChI is InChI=1S/C16H19N3O2/c1-18-9-7-14(11-18)19-10-8-17-15(19)12-3-5-13(6-4-12)16(20)21-2/h3-6,8,10,14H,7,9,11H2,1-2H3. The largest absolute Gasteiger partial charge is 0.465 e. The van der Waals surface area contributed by atoms with E-state index in [2.05, 4.69) is 21.5 Å². The molecule has 5 heteroatoms. The van der Waals surface area contributed by atoms with Crippen molar-refractivity contribution in [2.75, 3.05) is 27.2 Å². The minimum Gasteiger partial charge on any atom is -0.465 e. The molecule has 3 rings (SSSR count). The Kier molecular flexibility index (Phi) is 3.75. The molecule has 0 saturated carbocycles. The van der Waals surface area contributed by atoms with E-state index in [0.29, 0.717) is 11.6 Å². The van der Waals surface area contributed by atoms with Crippen molar-refractivity contribution in [3.63, 3.8) is 0 Å². The summed E-state index contributed by atoms with van der Waals surface area (Å²) in [4.78, 5) is 18.3. The first-order valence-corrected chi connectivity index (χ1v) is 7.09. The number of carbonyl (C=O) groups is 1. The molecule has 0 N–H and O–H groups in total. The number of hydrogen-bond acceptors (Lipinski definition) is 4. The second kappa shape index (κ2) is 5.69. The van der Waals surface area contributed by atoms with Crippen LogP contribution in [0.2, 0.25) is 0 Å². The second-order valence-corrected chi connectivity index (χ2v) is 5.43. The summed E-state index contributed by atoms with van der Waals surface area (Å²) in [6.07, 6.45) is 5.01. The molecule has 2 heterocycles. The van der Waals surface area contributed by atoms with E-state index in [4.69, 9.17) is 4.74 Å². The van der Waals surface area contributed by atoms with Crippen LogP contribution >= 0.6 is 0 Å². The summed E-state index contributed by atoms with van der Waals surface area (Å²) in [5, 5.41) is 0. The van der Waals surface area contributed by atoms with Crippen LogP contribution < -0.4 is 0 Å². The van der Waals surface area contributed by atoms with Gasteiger partial charge in [-0.2, -0.15) is 0 Å². The van der Waals surface area contributed by atoms with Crippen LogP contribution in [0.5, 0.6) is 0 Å². The number of methoxy groups -OCH3 is 1. The Bertz CT molecular complexity index is 633. The maximum Gasteiger partial charge on any atom is 0.337 e. The highest BCUT2D eigenvalue weighted by Gasteiger charge is 2.23. The van der Waals surface area contributed by atoms with Crippen molar-refractivity contribution in [2.45, 2.75) is 12.5 Å². The third kappa shape index (κ3) is 2.69. The third-order valence-corrected chi connectivity index (χ3v) is 3.99. The Morgan fingerprint density at radius 2 is 2.10 bits per heavy atom. The minimum absolute atomic E-state index is 0.317. The van der Waals surface area contributed by atoms with Gasteiger partial charge in [-0.05, 0) is 32.1 Å². The van der Waals surface area contributed by atoms with Crippen LogP contribution in [-0.2, 0) is 4.74 Å². The second-order valence-electron chi connectivity index (χ2n) is 5.43. The normalized spacial score (nSPS) is 18.9. The lowest BCUT2D eigenvalue weighted by molar-refractivity contribution is 0.0601.